The molecule has 0 aliphatic rings. The van der Waals surface area contributed by atoms with Gasteiger partial charge in [0.25, 0.3) is 5.56 Å². The van der Waals surface area contributed by atoms with Gasteiger partial charge in [-0.15, -0.1) is 0 Å². The monoisotopic (exact) mass is 224 g/mol. The Bertz CT molecular complexity index is 391. The highest BCUT2D eigenvalue weighted by molar-refractivity contribution is 5.08. The fourth-order valence-corrected chi connectivity index (χ4v) is 1.39. The fourth-order valence-electron chi connectivity index (χ4n) is 1.39. The highest BCUT2D eigenvalue weighted by Crippen LogP contribution is 2.16. The predicted octanol–water partition coefficient (Wildman–Crippen LogP) is 1.65. The third kappa shape index (κ3) is 3.77. The van der Waals surface area contributed by atoms with Crippen LogP contribution >= 0.6 is 0 Å². The average Bonchev–Trinajstić information content (AvgIpc) is 2.16. The van der Waals surface area contributed by atoms with Crippen molar-refractivity contribution in [2.45, 2.75) is 39.0 Å². The molecule has 1 rings (SSSR count). The number of hydrogen-bond acceptors (Lipinski definition) is 3. The van der Waals surface area contributed by atoms with Gasteiger partial charge in [-0.3, -0.25) is 4.79 Å². The molecule has 4 heteroatoms. The van der Waals surface area contributed by atoms with Gasteiger partial charge in [0, 0.05) is 30.9 Å². The summed E-state index contributed by atoms with van der Waals surface area (Å²) in [5, 5.41) is 0. The molecule has 1 aromatic heterocycles. The maximum Gasteiger partial charge on any atom is 0.251 e. The predicted molar refractivity (Wildman–Crippen MR) is 63.8 cm³/mol. The van der Waals surface area contributed by atoms with Gasteiger partial charge in [-0.05, 0) is 12.8 Å². The van der Waals surface area contributed by atoms with E-state index in [1.807, 2.05) is 20.8 Å². The van der Waals surface area contributed by atoms with E-state index in [0.29, 0.717) is 6.61 Å². The van der Waals surface area contributed by atoms with Crippen LogP contribution < -0.4 is 5.56 Å². The van der Waals surface area contributed by atoms with Crippen molar-refractivity contribution in [3.8, 4) is 0 Å². The van der Waals surface area contributed by atoms with Crippen molar-refractivity contribution >= 4 is 0 Å². The summed E-state index contributed by atoms with van der Waals surface area (Å²) in [6.07, 6.45) is 1.66. The lowest BCUT2D eigenvalue weighted by molar-refractivity contribution is 0.195. The molecule has 0 aliphatic carbocycles. The maximum atomic E-state index is 11.5. The summed E-state index contributed by atoms with van der Waals surface area (Å²) in [7, 11) is 1.67. The summed E-state index contributed by atoms with van der Waals surface area (Å²) in [6.45, 7) is 6.79. The van der Waals surface area contributed by atoms with Crippen LogP contribution in [0.5, 0.6) is 0 Å². The first-order valence-electron chi connectivity index (χ1n) is 5.53. The number of aromatic nitrogens is 2. The smallest absolute Gasteiger partial charge is 0.251 e. The third-order valence-electron chi connectivity index (χ3n) is 2.29. The molecule has 0 spiro atoms. The molecule has 90 valence electrons. The summed E-state index contributed by atoms with van der Waals surface area (Å²) in [4.78, 5) is 18.7. The van der Waals surface area contributed by atoms with Gasteiger partial charge < -0.3 is 9.72 Å². The molecule has 0 amide bonds. The standard InChI is InChI=1S/C12H20N2O2/c1-12(2,3)11-13-9(6-5-7-16-4)8-10(15)14-11/h8H,5-7H2,1-4H3,(H,13,14,15). The molecule has 0 aromatic carbocycles. The first-order chi connectivity index (χ1) is 7.43. The van der Waals surface area contributed by atoms with Gasteiger partial charge in [-0.2, -0.15) is 0 Å². The van der Waals surface area contributed by atoms with Gasteiger partial charge in [-0.1, -0.05) is 20.8 Å². The van der Waals surface area contributed by atoms with E-state index in [1.54, 1.807) is 13.2 Å². The van der Waals surface area contributed by atoms with Gasteiger partial charge in [0.15, 0.2) is 0 Å². The van der Waals surface area contributed by atoms with E-state index in [-0.39, 0.29) is 11.0 Å². The Kier molecular flexibility index (Phi) is 4.24. The van der Waals surface area contributed by atoms with E-state index in [9.17, 15) is 4.79 Å². The fraction of sp³-hybridized carbons (Fsp3) is 0.667. The molecule has 0 aliphatic heterocycles. The number of nitrogens with zero attached hydrogens (tertiary/aromatic N) is 1. The summed E-state index contributed by atoms with van der Waals surface area (Å²) in [5.41, 5.74) is 0.634. The number of ether oxygens (including phenoxy) is 1. The Balaban J connectivity index is 2.86. The Labute approximate surface area is 96.1 Å². The third-order valence-corrected chi connectivity index (χ3v) is 2.29. The van der Waals surface area contributed by atoms with Crippen LogP contribution in [0.3, 0.4) is 0 Å². The molecule has 0 saturated heterocycles. The van der Waals surface area contributed by atoms with Crippen LogP contribution in [0.1, 0.15) is 38.7 Å². The Morgan fingerprint density at radius 2 is 2.12 bits per heavy atom. The molecule has 0 bridgehead atoms. The van der Waals surface area contributed by atoms with E-state index < -0.39 is 0 Å². The van der Waals surface area contributed by atoms with Crippen LogP contribution in [0.15, 0.2) is 10.9 Å². The largest absolute Gasteiger partial charge is 0.385 e. The van der Waals surface area contributed by atoms with Crippen molar-refractivity contribution in [2.75, 3.05) is 13.7 Å². The minimum atomic E-state index is -0.129. The van der Waals surface area contributed by atoms with Crippen LogP contribution in [0.4, 0.5) is 0 Å². The number of aromatic amines is 1. The van der Waals surface area contributed by atoms with Crippen molar-refractivity contribution in [3.05, 3.63) is 27.9 Å². The van der Waals surface area contributed by atoms with E-state index >= 15 is 0 Å². The lowest BCUT2D eigenvalue weighted by Crippen LogP contribution is -2.22. The molecule has 1 heterocycles. The van der Waals surface area contributed by atoms with Crippen molar-refractivity contribution in [1.82, 2.24) is 9.97 Å². The summed E-state index contributed by atoms with van der Waals surface area (Å²) >= 11 is 0. The second kappa shape index (κ2) is 5.25. The Morgan fingerprint density at radius 3 is 2.69 bits per heavy atom. The zero-order chi connectivity index (χ0) is 12.2. The molecular weight excluding hydrogens is 204 g/mol. The van der Waals surface area contributed by atoms with Crippen molar-refractivity contribution in [2.24, 2.45) is 0 Å². The number of H-pyrrole nitrogens is 1. The first kappa shape index (κ1) is 12.9. The molecule has 0 unspecified atom stereocenters. The second-order valence-corrected chi connectivity index (χ2v) is 4.93. The SMILES string of the molecule is COCCCc1cc(=O)[nH]c(C(C)(C)C)n1. The molecule has 0 fully saturated rings. The zero-order valence-electron chi connectivity index (χ0n) is 10.5. The quantitative estimate of drug-likeness (QED) is 0.791. The first-order valence-corrected chi connectivity index (χ1v) is 5.53. The summed E-state index contributed by atoms with van der Waals surface area (Å²) in [5.74, 6) is 0.743. The number of nitrogens with one attached hydrogen (secondary N) is 1. The van der Waals surface area contributed by atoms with Crippen LogP contribution in [-0.2, 0) is 16.6 Å². The summed E-state index contributed by atoms with van der Waals surface area (Å²) in [6, 6.07) is 1.56. The van der Waals surface area contributed by atoms with Gasteiger partial charge in [0.1, 0.15) is 5.82 Å². The number of hydrogen-bond donors (Lipinski definition) is 1. The van der Waals surface area contributed by atoms with Gasteiger partial charge >= 0.3 is 0 Å². The lowest BCUT2D eigenvalue weighted by Gasteiger charge is -2.17. The van der Waals surface area contributed by atoms with Crippen LogP contribution in [0, 0.1) is 0 Å². The van der Waals surface area contributed by atoms with Crippen LogP contribution in [0.25, 0.3) is 0 Å². The van der Waals surface area contributed by atoms with E-state index in [2.05, 4.69) is 9.97 Å². The van der Waals surface area contributed by atoms with E-state index in [4.69, 9.17) is 4.74 Å². The van der Waals surface area contributed by atoms with Crippen molar-refractivity contribution < 1.29 is 4.74 Å². The minimum Gasteiger partial charge on any atom is -0.385 e. The second-order valence-electron chi connectivity index (χ2n) is 4.93. The van der Waals surface area contributed by atoms with Gasteiger partial charge in [-0.25, -0.2) is 4.98 Å². The Hall–Kier alpha value is -1.16. The number of aryl methyl sites for hydroxylation is 1. The highest BCUT2D eigenvalue weighted by atomic mass is 16.5. The summed E-state index contributed by atoms with van der Waals surface area (Å²) < 4.78 is 4.98. The molecule has 0 radical (unpaired) electrons. The molecule has 0 saturated carbocycles. The van der Waals surface area contributed by atoms with E-state index in [1.165, 1.54) is 0 Å². The number of methoxy groups -OCH3 is 1. The molecule has 1 aromatic rings. The van der Waals surface area contributed by atoms with Crippen molar-refractivity contribution in [3.63, 3.8) is 0 Å². The van der Waals surface area contributed by atoms with Gasteiger partial charge in [0.05, 0.1) is 0 Å². The lowest BCUT2D eigenvalue weighted by atomic mass is 9.95. The van der Waals surface area contributed by atoms with Crippen LogP contribution in [0.2, 0.25) is 0 Å². The van der Waals surface area contributed by atoms with Gasteiger partial charge in [0.2, 0.25) is 0 Å². The zero-order valence-corrected chi connectivity index (χ0v) is 10.5. The normalized spacial score (nSPS) is 11.8. The van der Waals surface area contributed by atoms with E-state index in [0.717, 1.165) is 24.4 Å². The molecule has 16 heavy (non-hydrogen) atoms. The highest BCUT2D eigenvalue weighted by Gasteiger charge is 2.17. The van der Waals surface area contributed by atoms with Crippen molar-refractivity contribution in [1.29, 1.82) is 0 Å². The number of rotatable bonds is 4. The molecule has 0 atom stereocenters. The Morgan fingerprint density at radius 1 is 1.44 bits per heavy atom. The van der Waals surface area contributed by atoms with Crippen LogP contribution in [-0.4, -0.2) is 23.7 Å². The molecular formula is C12H20N2O2. The maximum absolute atomic E-state index is 11.5. The average molecular weight is 224 g/mol. The topological polar surface area (TPSA) is 55.0 Å². The minimum absolute atomic E-state index is 0.0765. The molecule has 4 nitrogen and oxygen atoms in total. The molecule has 1 N–H and O–H groups in total.